The molecular formula is C23H29ClN4O2S. The van der Waals surface area contributed by atoms with Gasteiger partial charge in [0.1, 0.15) is 0 Å². The minimum absolute atomic E-state index is 0.186. The van der Waals surface area contributed by atoms with E-state index in [4.69, 9.17) is 16.3 Å². The number of carbonyl (C=O) groups is 1. The summed E-state index contributed by atoms with van der Waals surface area (Å²) in [5, 5.41) is 10.5. The molecule has 6 nitrogen and oxygen atoms in total. The molecule has 2 atom stereocenters. The Balaban J connectivity index is 1.35. The summed E-state index contributed by atoms with van der Waals surface area (Å²) < 4.78 is 8.17. The number of benzene rings is 1. The van der Waals surface area contributed by atoms with Crippen molar-refractivity contribution in [2.24, 2.45) is 0 Å². The molecule has 3 fully saturated rings. The van der Waals surface area contributed by atoms with Gasteiger partial charge in [-0.25, -0.2) is 0 Å². The fraction of sp³-hybridized carbons (Fsp3) is 0.609. The highest BCUT2D eigenvalue weighted by molar-refractivity contribution is 7.99. The molecule has 0 N–H and O–H groups in total. The minimum Gasteiger partial charge on any atom is -0.374 e. The highest BCUT2D eigenvalue weighted by Gasteiger charge is 2.36. The van der Waals surface area contributed by atoms with Crippen LogP contribution < -0.4 is 0 Å². The van der Waals surface area contributed by atoms with E-state index < -0.39 is 0 Å². The number of ether oxygens (including phenoxy) is 1. The Hall–Kier alpha value is -1.57. The Morgan fingerprint density at radius 1 is 1.10 bits per heavy atom. The lowest BCUT2D eigenvalue weighted by Gasteiger charge is -2.43. The van der Waals surface area contributed by atoms with Gasteiger partial charge in [0, 0.05) is 18.2 Å². The zero-order valence-corrected chi connectivity index (χ0v) is 19.3. The highest BCUT2D eigenvalue weighted by Crippen LogP contribution is 2.38. The molecule has 2 aromatic rings. The number of thioether (sulfide) groups is 1. The average Bonchev–Trinajstić information content (AvgIpc) is 3.47. The number of hydrogen-bond donors (Lipinski definition) is 0. The quantitative estimate of drug-likeness (QED) is 0.589. The van der Waals surface area contributed by atoms with Crippen molar-refractivity contribution in [3.63, 3.8) is 0 Å². The molecule has 2 unspecified atom stereocenters. The second-order valence-electron chi connectivity index (χ2n) is 8.73. The van der Waals surface area contributed by atoms with Gasteiger partial charge in [-0.05, 0) is 37.8 Å². The van der Waals surface area contributed by atoms with Gasteiger partial charge in [-0.1, -0.05) is 61.2 Å². The van der Waals surface area contributed by atoms with E-state index in [2.05, 4.69) is 19.7 Å². The maximum Gasteiger partial charge on any atom is 0.233 e. The van der Waals surface area contributed by atoms with Crippen molar-refractivity contribution in [3.05, 3.63) is 29.3 Å². The molecule has 8 heteroatoms. The van der Waals surface area contributed by atoms with E-state index >= 15 is 0 Å². The first kappa shape index (κ1) is 21.3. The maximum absolute atomic E-state index is 13.2. The molecule has 0 spiro atoms. The summed E-state index contributed by atoms with van der Waals surface area (Å²) in [6.07, 6.45) is 9.37. The van der Waals surface area contributed by atoms with Crippen LogP contribution in [0.3, 0.4) is 0 Å². The van der Waals surface area contributed by atoms with Crippen LogP contribution in [0.1, 0.15) is 57.4 Å². The van der Waals surface area contributed by atoms with Gasteiger partial charge < -0.3 is 9.64 Å². The fourth-order valence-electron chi connectivity index (χ4n) is 5.31. The third-order valence-corrected chi connectivity index (χ3v) is 8.10. The highest BCUT2D eigenvalue weighted by atomic mass is 35.5. The summed E-state index contributed by atoms with van der Waals surface area (Å²) in [6, 6.07) is 8.39. The number of halogens is 1. The Morgan fingerprint density at radius 2 is 1.87 bits per heavy atom. The summed E-state index contributed by atoms with van der Waals surface area (Å²) in [5.74, 6) is 1.38. The third-order valence-electron chi connectivity index (χ3n) is 6.85. The SMILES string of the molecule is O=C(CSc1nnc(-c2ccccc2Cl)n1C1CCCC1)N1CCOC2CCCCC21. The largest absolute Gasteiger partial charge is 0.374 e. The number of fused-ring (bicyclic) bond motifs is 1. The lowest BCUT2D eigenvalue weighted by Crippen LogP contribution is -2.55. The smallest absolute Gasteiger partial charge is 0.233 e. The van der Waals surface area contributed by atoms with E-state index in [1.165, 1.54) is 37.4 Å². The van der Waals surface area contributed by atoms with E-state index in [0.717, 1.165) is 42.2 Å². The van der Waals surface area contributed by atoms with Crippen molar-refractivity contribution in [2.75, 3.05) is 18.9 Å². The molecule has 0 bridgehead atoms. The van der Waals surface area contributed by atoms with Crippen LogP contribution in [0.15, 0.2) is 29.4 Å². The molecule has 2 aliphatic carbocycles. The van der Waals surface area contributed by atoms with E-state index in [1.807, 2.05) is 24.3 Å². The number of nitrogens with zero attached hydrogens (tertiary/aromatic N) is 4. The number of carbonyl (C=O) groups excluding carboxylic acids is 1. The normalized spacial score (nSPS) is 24.4. The lowest BCUT2D eigenvalue weighted by molar-refractivity contribution is -0.146. The van der Waals surface area contributed by atoms with Crippen LogP contribution in [0.5, 0.6) is 0 Å². The molecule has 1 aromatic carbocycles. The predicted octanol–water partition coefficient (Wildman–Crippen LogP) is 4.98. The van der Waals surface area contributed by atoms with Gasteiger partial charge in [0.15, 0.2) is 11.0 Å². The van der Waals surface area contributed by atoms with E-state index in [9.17, 15) is 4.79 Å². The Kier molecular flexibility index (Phi) is 6.53. The average molecular weight is 461 g/mol. The molecule has 5 rings (SSSR count). The van der Waals surface area contributed by atoms with Crippen LogP contribution in [0.25, 0.3) is 11.4 Å². The van der Waals surface area contributed by atoms with Crippen LogP contribution in [0, 0.1) is 0 Å². The summed E-state index contributed by atoms with van der Waals surface area (Å²) in [5.41, 5.74) is 0.903. The van der Waals surface area contributed by atoms with Gasteiger partial charge in [-0.3, -0.25) is 9.36 Å². The zero-order chi connectivity index (χ0) is 21.2. The maximum atomic E-state index is 13.2. The molecule has 1 aromatic heterocycles. The molecule has 3 aliphatic rings. The summed E-state index contributed by atoms with van der Waals surface area (Å²) in [6.45, 7) is 1.34. The summed E-state index contributed by atoms with van der Waals surface area (Å²) >= 11 is 7.99. The first-order chi connectivity index (χ1) is 15.2. The summed E-state index contributed by atoms with van der Waals surface area (Å²) in [7, 11) is 0. The van der Waals surface area contributed by atoms with Crippen molar-refractivity contribution < 1.29 is 9.53 Å². The van der Waals surface area contributed by atoms with Crippen molar-refractivity contribution in [1.29, 1.82) is 0 Å². The second-order valence-corrected chi connectivity index (χ2v) is 10.1. The first-order valence-electron chi connectivity index (χ1n) is 11.5. The van der Waals surface area contributed by atoms with Gasteiger partial charge >= 0.3 is 0 Å². The standard InChI is InChI=1S/C23H29ClN4O2S/c24-18-10-4-3-9-17(18)22-25-26-23(28(22)16-7-1-2-8-16)31-15-21(29)27-13-14-30-20-12-6-5-11-19(20)27/h3-4,9-10,16,19-20H,1-2,5-8,11-15H2. The Bertz CT molecular complexity index is 928. The van der Waals surface area contributed by atoms with Crippen LogP contribution in [0.4, 0.5) is 0 Å². The van der Waals surface area contributed by atoms with Gasteiger partial charge in [0.05, 0.1) is 29.5 Å². The Labute approximate surface area is 192 Å². The van der Waals surface area contributed by atoms with Gasteiger partial charge in [0.2, 0.25) is 5.91 Å². The van der Waals surface area contributed by atoms with Crippen LogP contribution >= 0.6 is 23.4 Å². The first-order valence-corrected chi connectivity index (χ1v) is 12.8. The molecule has 1 saturated heterocycles. The molecule has 1 amide bonds. The van der Waals surface area contributed by atoms with Gasteiger partial charge in [-0.2, -0.15) is 0 Å². The predicted molar refractivity (Wildman–Crippen MR) is 122 cm³/mol. The number of amides is 1. The molecule has 2 heterocycles. The lowest BCUT2D eigenvalue weighted by atomic mass is 9.90. The molecule has 2 saturated carbocycles. The molecule has 31 heavy (non-hydrogen) atoms. The van der Waals surface area contributed by atoms with Crippen molar-refractivity contribution >= 4 is 29.3 Å². The number of morpholine rings is 1. The van der Waals surface area contributed by atoms with Crippen molar-refractivity contribution in [2.45, 2.75) is 74.7 Å². The van der Waals surface area contributed by atoms with Gasteiger partial charge in [0.25, 0.3) is 0 Å². The third kappa shape index (κ3) is 4.37. The Morgan fingerprint density at radius 3 is 2.71 bits per heavy atom. The minimum atomic E-state index is 0.186. The molecule has 0 radical (unpaired) electrons. The van der Waals surface area contributed by atoms with E-state index in [1.54, 1.807) is 0 Å². The van der Waals surface area contributed by atoms with E-state index in [-0.39, 0.29) is 18.1 Å². The monoisotopic (exact) mass is 460 g/mol. The fourth-order valence-corrected chi connectivity index (χ4v) is 6.42. The van der Waals surface area contributed by atoms with E-state index in [0.29, 0.717) is 30.0 Å². The number of rotatable bonds is 5. The molecular weight excluding hydrogens is 432 g/mol. The van der Waals surface area contributed by atoms with Crippen LogP contribution in [0.2, 0.25) is 5.02 Å². The zero-order valence-electron chi connectivity index (χ0n) is 17.7. The molecule has 166 valence electrons. The van der Waals surface area contributed by atoms with Crippen molar-refractivity contribution in [1.82, 2.24) is 19.7 Å². The van der Waals surface area contributed by atoms with Crippen LogP contribution in [-0.4, -0.2) is 56.6 Å². The number of hydrogen-bond acceptors (Lipinski definition) is 5. The number of aromatic nitrogens is 3. The summed E-state index contributed by atoms with van der Waals surface area (Å²) in [4.78, 5) is 15.2. The van der Waals surface area contributed by atoms with Crippen LogP contribution in [-0.2, 0) is 9.53 Å². The molecule has 1 aliphatic heterocycles. The second kappa shape index (κ2) is 9.51. The van der Waals surface area contributed by atoms with Gasteiger partial charge in [-0.15, -0.1) is 10.2 Å². The topological polar surface area (TPSA) is 60.2 Å². The van der Waals surface area contributed by atoms with Crippen molar-refractivity contribution in [3.8, 4) is 11.4 Å².